The topological polar surface area (TPSA) is 67.9 Å². The number of nitrogens with zero attached hydrogens (tertiary/aromatic N) is 3. The van der Waals surface area contributed by atoms with E-state index in [1.54, 1.807) is 23.0 Å². The Hall–Kier alpha value is -3.39. The minimum Gasteiger partial charge on any atom is -0.423 e. The Kier molecular flexibility index (Phi) is 5.14. The van der Waals surface area contributed by atoms with Crippen LogP contribution >= 0.6 is 0 Å². The number of nitriles is 1. The van der Waals surface area contributed by atoms with E-state index < -0.39 is 5.97 Å². The van der Waals surface area contributed by atoms with Crippen LogP contribution in [0.3, 0.4) is 0 Å². The molecule has 5 nitrogen and oxygen atoms in total. The van der Waals surface area contributed by atoms with E-state index in [1.807, 2.05) is 50.2 Å². The second-order valence-corrected chi connectivity index (χ2v) is 6.06. The van der Waals surface area contributed by atoms with E-state index in [-0.39, 0.29) is 0 Å². The number of hydrogen-bond acceptors (Lipinski definition) is 4. The normalized spacial score (nSPS) is 10.3. The molecule has 5 heteroatoms. The zero-order valence-corrected chi connectivity index (χ0v) is 14.8. The first-order valence-electron chi connectivity index (χ1n) is 8.37. The second-order valence-electron chi connectivity index (χ2n) is 6.06. The Labute approximate surface area is 152 Å². The number of carbonyl (C=O) groups is 1. The first kappa shape index (κ1) is 17.4. The monoisotopic (exact) mass is 345 g/mol. The van der Waals surface area contributed by atoms with Crippen LogP contribution in [-0.2, 0) is 6.54 Å². The van der Waals surface area contributed by atoms with Crippen molar-refractivity contribution in [2.45, 2.75) is 26.8 Å². The number of rotatable bonds is 5. The van der Waals surface area contributed by atoms with Gasteiger partial charge in [-0.2, -0.15) is 10.4 Å². The second kappa shape index (κ2) is 7.66. The predicted molar refractivity (Wildman–Crippen MR) is 98.8 cm³/mol. The summed E-state index contributed by atoms with van der Waals surface area (Å²) in [5.74, 6) is 0.0148. The zero-order valence-electron chi connectivity index (χ0n) is 14.8. The molecule has 3 rings (SSSR count). The molecule has 2 aromatic carbocycles. The third-order valence-corrected chi connectivity index (χ3v) is 4.17. The largest absolute Gasteiger partial charge is 0.423 e. The Morgan fingerprint density at radius 3 is 2.62 bits per heavy atom. The summed E-state index contributed by atoms with van der Waals surface area (Å²) in [7, 11) is 0. The van der Waals surface area contributed by atoms with Crippen LogP contribution in [0.4, 0.5) is 0 Å². The van der Waals surface area contributed by atoms with Crippen molar-refractivity contribution in [2.24, 2.45) is 0 Å². The molecule has 0 aliphatic carbocycles. The molecule has 0 radical (unpaired) electrons. The fraction of sp³-hybridized carbons (Fsp3) is 0.190. The van der Waals surface area contributed by atoms with E-state index in [1.165, 1.54) is 5.56 Å². The molecule has 3 aromatic rings. The van der Waals surface area contributed by atoms with Crippen LogP contribution in [0.5, 0.6) is 5.75 Å². The molecule has 1 aromatic heterocycles. The van der Waals surface area contributed by atoms with Crippen LogP contribution in [0, 0.1) is 25.2 Å². The highest BCUT2D eigenvalue weighted by Gasteiger charge is 2.20. The predicted octanol–water partition coefficient (Wildman–Crippen LogP) is 4.30. The molecule has 0 aliphatic rings. The quantitative estimate of drug-likeness (QED) is 0.511. The standard InChI is InChI=1S/C21H19N3O2/c1-15-9-10-17(13-16(15)2)20-19(14-24(23-20)12-6-11-22)21(25)26-18-7-4-3-5-8-18/h3-5,7-10,13-14H,6,12H2,1-2H3. The van der Waals surface area contributed by atoms with Crippen LogP contribution < -0.4 is 4.74 Å². The molecular formula is C21H19N3O2. The maximum absolute atomic E-state index is 12.7. The fourth-order valence-electron chi connectivity index (χ4n) is 2.60. The number of carbonyl (C=O) groups excluding carboxylic acids is 1. The number of benzene rings is 2. The van der Waals surface area contributed by atoms with Gasteiger partial charge in [0.05, 0.1) is 19.0 Å². The van der Waals surface area contributed by atoms with Crippen molar-refractivity contribution in [3.05, 3.63) is 71.4 Å². The SMILES string of the molecule is Cc1ccc(-c2nn(CCC#N)cc2C(=O)Oc2ccccc2)cc1C. The molecule has 130 valence electrons. The fourth-order valence-corrected chi connectivity index (χ4v) is 2.60. The van der Waals surface area contributed by atoms with Gasteiger partial charge in [-0.15, -0.1) is 0 Å². The van der Waals surface area contributed by atoms with Crippen LogP contribution in [0.15, 0.2) is 54.7 Å². The van der Waals surface area contributed by atoms with Gasteiger partial charge < -0.3 is 4.74 Å². The summed E-state index contributed by atoms with van der Waals surface area (Å²) in [6, 6.07) is 17.0. The van der Waals surface area contributed by atoms with Gasteiger partial charge in [-0.05, 0) is 43.2 Å². The highest BCUT2D eigenvalue weighted by atomic mass is 16.5. The summed E-state index contributed by atoms with van der Waals surface area (Å²) in [4.78, 5) is 12.7. The molecule has 0 amide bonds. The number of hydrogen-bond donors (Lipinski definition) is 0. The Balaban J connectivity index is 1.99. The van der Waals surface area contributed by atoms with Crippen molar-refractivity contribution in [3.63, 3.8) is 0 Å². The van der Waals surface area contributed by atoms with Gasteiger partial charge in [0.1, 0.15) is 17.0 Å². The van der Waals surface area contributed by atoms with E-state index in [2.05, 4.69) is 11.2 Å². The number of aromatic nitrogens is 2. The van der Waals surface area contributed by atoms with Crippen molar-refractivity contribution >= 4 is 5.97 Å². The van der Waals surface area contributed by atoms with Gasteiger partial charge in [0.25, 0.3) is 0 Å². The Morgan fingerprint density at radius 2 is 1.92 bits per heavy atom. The van der Waals surface area contributed by atoms with Gasteiger partial charge in [0.2, 0.25) is 0 Å². The lowest BCUT2D eigenvalue weighted by Gasteiger charge is -2.06. The van der Waals surface area contributed by atoms with Gasteiger partial charge in [-0.25, -0.2) is 4.79 Å². The van der Waals surface area contributed by atoms with Crippen LogP contribution in [0.2, 0.25) is 0 Å². The molecule has 0 aliphatic heterocycles. The lowest BCUT2D eigenvalue weighted by atomic mass is 10.0. The van der Waals surface area contributed by atoms with Gasteiger partial charge >= 0.3 is 5.97 Å². The molecule has 0 atom stereocenters. The molecular weight excluding hydrogens is 326 g/mol. The lowest BCUT2D eigenvalue weighted by molar-refractivity contribution is 0.0735. The lowest BCUT2D eigenvalue weighted by Crippen LogP contribution is -2.09. The summed E-state index contributed by atoms with van der Waals surface area (Å²) in [5.41, 5.74) is 4.09. The number of esters is 1. The molecule has 0 saturated heterocycles. The molecule has 0 bridgehead atoms. The average Bonchev–Trinajstić information content (AvgIpc) is 3.07. The molecule has 0 saturated carbocycles. The number of aryl methyl sites for hydroxylation is 3. The van der Waals surface area contributed by atoms with Crippen molar-refractivity contribution in [3.8, 4) is 23.1 Å². The van der Waals surface area contributed by atoms with Gasteiger partial charge in [-0.1, -0.05) is 30.3 Å². The smallest absolute Gasteiger partial charge is 0.347 e. The van der Waals surface area contributed by atoms with Crippen LogP contribution in [-0.4, -0.2) is 15.7 Å². The van der Waals surface area contributed by atoms with E-state index in [0.717, 1.165) is 11.1 Å². The first-order valence-corrected chi connectivity index (χ1v) is 8.37. The highest BCUT2D eigenvalue weighted by molar-refractivity contribution is 5.97. The maximum atomic E-state index is 12.7. The molecule has 0 spiro atoms. The maximum Gasteiger partial charge on any atom is 0.347 e. The van der Waals surface area contributed by atoms with E-state index in [4.69, 9.17) is 10.00 Å². The Morgan fingerprint density at radius 1 is 1.15 bits per heavy atom. The third kappa shape index (κ3) is 3.81. The van der Waals surface area contributed by atoms with Crippen LogP contribution in [0.1, 0.15) is 27.9 Å². The summed E-state index contributed by atoms with van der Waals surface area (Å²) in [6.07, 6.45) is 1.97. The van der Waals surface area contributed by atoms with Crippen molar-refractivity contribution in [2.75, 3.05) is 0 Å². The van der Waals surface area contributed by atoms with Gasteiger partial charge in [-0.3, -0.25) is 4.68 Å². The van der Waals surface area contributed by atoms with Crippen molar-refractivity contribution in [1.29, 1.82) is 5.26 Å². The molecule has 26 heavy (non-hydrogen) atoms. The van der Waals surface area contributed by atoms with Crippen molar-refractivity contribution in [1.82, 2.24) is 9.78 Å². The minimum absolute atomic E-state index is 0.321. The van der Waals surface area contributed by atoms with Gasteiger partial charge in [0.15, 0.2) is 0 Å². The minimum atomic E-state index is -0.465. The van der Waals surface area contributed by atoms with Crippen molar-refractivity contribution < 1.29 is 9.53 Å². The molecule has 0 unspecified atom stereocenters. The summed E-state index contributed by atoms with van der Waals surface area (Å²) < 4.78 is 7.10. The summed E-state index contributed by atoms with van der Waals surface area (Å²) in [5, 5.41) is 13.3. The summed E-state index contributed by atoms with van der Waals surface area (Å²) in [6.45, 7) is 4.48. The highest BCUT2D eigenvalue weighted by Crippen LogP contribution is 2.26. The summed E-state index contributed by atoms with van der Waals surface area (Å²) >= 11 is 0. The number of ether oxygens (including phenoxy) is 1. The van der Waals surface area contributed by atoms with E-state index in [0.29, 0.717) is 30.0 Å². The zero-order chi connectivity index (χ0) is 18.5. The van der Waals surface area contributed by atoms with Gasteiger partial charge in [0, 0.05) is 11.8 Å². The van der Waals surface area contributed by atoms with E-state index >= 15 is 0 Å². The molecule has 0 N–H and O–H groups in total. The van der Waals surface area contributed by atoms with E-state index in [9.17, 15) is 4.79 Å². The molecule has 0 fully saturated rings. The third-order valence-electron chi connectivity index (χ3n) is 4.17. The Bertz CT molecular complexity index is 969. The van der Waals surface area contributed by atoms with Crippen LogP contribution in [0.25, 0.3) is 11.3 Å². The molecule has 1 heterocycles. The number of para-hydroxylation sites is 1. The average molecular weight is 345 g/mol. The first-order chi connectivity index (χ1) is 12.6.